The molecule has 2 heterocycles. The maximum absolute atomic E-state index is 13.2. The number of urea groups is 1. The van der Waals surface area contributed by atoms with Gasteiger partial charge >= 0.3 is 6.03 Å². The van der Waals surface area contributed by atoms with Gasteiger partial charge in [-0.15, -0.1) is 0 Å². The predicted molar refractivity (Wildman–Crippen MR) is 130 cm³/mol. The number of benzene rings is 1. The summed E-state index contributed by atoms with van der Waals surface area (Å²) in [4.78, 5) is 29.7. The van der Waals surface area contributed by atoms with E-state index in [1.165, 1.54) is 0 Å². The standard InChI is InChI=1S/C24H35N5O5/c1-14-11-28(5)15(2)13-33-20-10-18(25-24(31)26-22-16(3)27-34-17(22)4)8-9-19(20)23(30)29(6)12-21(14)32-7/h8-10,14-15,21H,11-13H2,1-7H3,(H2,25,26,31)/t14-,15+,21+/m1/s1. The number of hydrogen-bond acceptors (Lipinski definition) is 7. The second-order valence-electron chi connectivity index (χ2n) is 9.03. The molecule has 0 bridgehead atoms. The molecule has 0 saturated carbocycles. The maximum Gasteiger partial charge on any atom is 0.323 e. The molecule has 1 aromatic heterocycles. The normalized spacial score (nSPS) is 22.3. The molecule has 10 nitrogen and oxygen atoms in total. The topological polar surface area (TPSA) is 109 Å². The van der Waals surface area contributed by atoms with E-state index < -0.39 is 6.03 Å². The van der Waals surface area contributed by atoms with E-state index in [0.29, 0.717) is 47.3 Å². The number of ether oxygens (including phenoxy) is 2. The number of carbonyl (C=O) groups is 2. The van der Waals surface area contributed by atoms with Gasteiger partial charge in [0.05, 0.1) is 11.7 Å². The van der Waals surface area contributed by atoms with Gasteiger partial charge < -0.3 is 29.5 Å². The number of anilines is 2. The van der Waals surface area contributed by atoms with Crippen molar-refractivity contribution in [1.29, 1.82) is 0 Å². The van der Waals surface area contributed by atoms with E-state index in [1.807, 2.05) is 0 Å². The van der Waals surface area contributed by atoms with Crippen molar-refractivity contribution in [1.82, 2.24) is 15.0 Å². The zero-order chi connectivity index (χ0) is 25.0. The van der Waals surface area contributed by atoms with Crippen LogP contribution >= 0.6 is 0 Å². The highest BCUT2D eigenvalue weighted by Gasteiger charge is 2.27. The SMILES string of the molecule is CO[C@H]1CN(C)C(=O)c2ccc(NC(=O)Nc3c(C)noc3C)cc2OC[C@H](C)N(C)C[C@H]1C. The van der Waals surface area contributed by atoms with Crippen molar-refractivity contribution in [2.75, 3.05) is 51.5 Å². The van der Waals surface area contributed by atoms with Gasteiger partial charge in [0.25, 0.3) is 5.91 Å². The smallest absolute Gasteiger partial charge is 0.323 e. The van der Waals surface area contributed by atoms with Crippen molar-refractivity contribution in [3.05, 3.63) is 35.2 Å². The van der Waals surface area contributed by atoms with E-state index in [2.05, 4.69) is 41.6 Å². The third-order valence-corrected chi connectivity index (χ3v) is 6.29. The number of carbonyl (C=O) groups excluding carboxylic acids is 2. The summed E-state index contributed by atoms with van der Waals surface area (Å²) in [7, 11) is 5.49. The van der Waals surface area contributed by atoms with Crippen LogP contribution in [0.5, 0.6) is 5.75 Å². The lowest BCUT2D eigenvalue weighted by atomic mass is 10.0. The molecule has 2 aromatic rings. The minimum atomic E-state index is -0.448. The van der Waals surface area contributed by atoms with Gasteiger partial charge in [0.1, 0.15) is 23.7 Å². The van der Waals surface area contributed by atoms with Crippen LogP contribution in [0.15, 0.2) is 22.7 Å². The Balaban J connectivity index is 1.85. The van der Waals surface area contributed by atoms with Crippen LogP contribution in [0.1, 0.15) is 35.7 Å². The van der Waals surface area contributed by atoms with Gasteiger partial charge in [-0.05, 0) is 45.9 Å². The average Bonchev–Trinajstić information content (AvgIpc) is 3.11. The van der Waals surface area contributed by atoms with Crippen LogP contribution in [-0.4, -0.2) is 79.9 Å². The fourth-order valence-electron chi connectivity index (χ4n) is 3.97. The van der Waals surface area contributed by atoms with Gasteiger partial charge in [-0.3, -0.25) is 9.69 Å². The molecule has 3 rings (SSSR count). The first kappa shape index (κ1) is 25.5. The van der Waals surface area contributed by atoms with Crippen LogP contribution in [0.2, 0.25) is 0 Å². The number of likely N-dealkylation sites (N-methyl/N-ethyl adjacent to an activating group) is 2. The van der Waals surface area contributed by atoms with E-state index in [-0.39, 0.29) is 24.0 Å². The van der Waals surface area contributed by atoms with Crippen LogP contribution in [0.25, 0.3) is 0 Å². The van der Waals surface area contributed by atoms with Crippen LogP contribution in [0.4, 0.5) is 16.2 Å². The Hall–Kier alpha value is -3.11. The zero-order valence-corrected chi connectivity index (χ0v) is 21.0. The van der Waals surface area contributed by atoms with E-state index in [9.17, 15) is 9.59 Å². The molecule has 0 aliphatic carbocycles. The van der Waals surface area contributed by atoms with Crippen molar-refractivity contribution >= 4 is 23.3 Å². The molecule has 10 heteroatoms. The molecule has 2 N–H and O–H groups in total. The third-order valence-electron chi connectivity index (χ3n) is 6.29. The lowest BCUT2D eigenvalue weighted by Gasteiger charge is -2.34. The van der Waals surface area contributed by atoms with Crippen molar-refractivity contribution < 1.29 is 23.6 Å². The Morgan fingerprint density at radius 1 is 1.18 bits per heavy atom. The molecule has 0 spiro atoms. The molecule has 0 radical (unpaired) electrons. The third kappa shape index (κ3) is 5.87. The molecule has 186 valence electrons. The van der Waals surface area contributed by atoms with Crippen LogP contribution in [0.3, 0.4) is 0 Å². The number of rotatable bonds is 3. The summed E-state index contributed by atoms with van der Waals surface area (Å²) in [5.74, 6) is 0.991. The fraction of sp³-hybridized carbons (Fsp3) is 0.542. The fourth-order valence-corrected chi connectivity index (χ4v) is 3.97. The van der Waals surface area contributed by atoms with Gasteiger partial charge in [0.15, 0.2) is 5.76 Å². The number of methoxy groups -OCH3 is 1. The Labute approximate surface area is 200 Å². The Morgan fingerprint density at radius 2 is 1.91 bits per heavy atom. The van der Waals surface area contributed by atoms with Crippen LogP contribution in [0, 0.1) is 19.8 Å². The van der Waals surface area contributed by atoms with E-state index in [1.54, 1.807) is 51.1 Å². The number of nitrogens with zero attached hydrogens (tertiary/aromatic N) is 3. The predicted octanol–water partition coefficient (Wildman–Crippen LogP) is 3.37. The zero-order valence-electron chi connectivity index (χ0n) is 21.0. The molecule has 34 heavy (non-hydrogen) atoms. The molecule has 1 aliphatic heterocycles. The minimum absolute atomic E-state index is 0.0960. The molecule has 0 fully saturated rings. The van der Waals surface area contributed by atoms with Crippen LogP contribution in [-0.2, 0) is 4.74 Å². The summed E-state index contributed by atoms with van der Waals surface area (Å²) >= 11 is 0. The summed E-state index contributed by atoms with van der Waals surface area (Å²) in [6, 6.07) is 4.68. The van der Waals surface area contributed by atoms with E-state index >= 15 is 0 Å². The van der Waals surface area contributed by atoms with Crippen LogP contribution < -0.4 is 15.4 Å². The highest BCUT2D eigenvalue weighted by atomic mass is 16.5. The largest absolute Gasteiger partial charge is 0.491 e. The summed E-state index contributed by atoms with van der Waals surface area (Å²) in [5, 5.41) is 9.36. The molecule has 1 aliphatic rings. The molecule has 3 atom stereocenters. The summed E-state index contributed by atoms with van der Waals surface area (Å²) in [6.07, 6.45) is -0.0960. The Kier molecular flexibility index (Phi) is 8.16. The summed E-state index contributed by atoms with van der Waals surface area (Å²) in [5.41, 5.74) is 2.03. The first-order chi connectivity index (χ1) is 16.1. The van der Waals surface area contributed by atoms with Crippen molar-refractivity contribution in [3.8, 4) is 5.75 Å². The molecular formula is C24H35N5O5. The monoisotopic (exact) mass is 473 g/mol. The van der Waals surface area contributed by atoms with Gasteiger partial charge in [-0.2, -0.15) is 0 Å². The first-order valence-corrected chi connectivity index (χ1v) is 11.4. The molecule has 0 unspecified atom stereocenters. The lowest BCUT2D eigenvalue weighted by Crippen LogP contribution is -2.45. The number of aromatic nitrogens is 1. The Bertz CT molecular complexity index is 1000. The summed E-state index contributed by atoms with van der Waals surface area (Å²) < 4.78 is 16.9. The van der Waals surface area contributed by atoms with Gasteiger partial charge in [-0.1, -0.05) is 12.1 Å². The van der Waals surface area contributed by atoms with Crippen molar-refractivity contribution in [2.45, 2.75) is 39.8 Å². The highest BCUT2D eigenvalue weighted by Crippen LogP contribution is 2.27. The van der Waals surface area contributed by atoms with Crippen molar-refractivity contribution in [3.63, 3.8) is 0 Å². The van der Waals surface area contributed by atoms with Gasteiger partial charge in [-0.25, -0.2) is 4.79 Å². The lowest BCUT2D eigenvalue weighted by molar-refractivity contribution is 0.0150. The van der Waals surface area contributed by atoms with E-state index in [4.69, 9.17) is 14.0 Å². The van der Waals surface area contributed by atoms with E-state index in [0.717, 1.165) is 6.54 Å². The summed E-state index contributed by atoms with van der Waals surface area (Å²) in [6.45, 7) is 9.32. The molecule has 3 amide bonds. The van der Waals surface area contributed by atoms with Gasteiger partial charge in [0.2, 0.25) is 0 Å². The number of nitrogens with one attached hydrogen (secondary N) is 2. The molecule has 0 saturated heterocycles. The number of aryl methyl sites for hydroxylation is 2. The van der Waals surface area contributed by atoms with Crippen molar-refractivity contribution in [2.24, 2.45) is 5.92 Å². The first-order valence-electron chi connectivity index (χ1n) is 11.4. The molecule has 1 aromatic carbocycles. The second kappa shape index (κ2) is 10.9. The highest BCUT2D eigenvalue weighted by molar-refractivity contribution is 6.02. The molecular weight excluding hydrogens is 438 g/mol. The van der Waals surface area contributed by atoms with Gasteiger partial charge in [0, 0.05) is 45.0 Å². The maximum atomic E-state index is 13.2. The average molecular weight is 474 g/mol. The minimum Gasteiger partial charge on any atom is -0.491 e. The quantitative estimate of drug-likeness (QED) is 0.703. The number of amides is 3. The second-order valence-corrected chi connectivity index (χ2v) is 9.03. The number of hydrogen-bond donors (Lipinski definition) is 2. The Morgan fingerprint density at radius 3 is 2.56 bits per heavy atom. The number of fused-ring (bicyclic) bond motifs is 1.